The van der Waals surface area contributed by atoms with E-state index in [1.807, 2.05) is 25.1 Å². The van der Waals surface area contributed by atoms with E-state index in [9.17, 15) is 9.59 Å². The maximum atomic E-state index is 13.0. The molecule has 0 bridgehead atoms. The summed E-state index contributed by atoms with van der Waals surface area (Å²) in [6, 6.07) is 5.61. The van der Waals surface area contributed by atoms with Crippen molar-refractivity contribution in [2.75, 3.05) is 23.7 Å². The zero-order chi connectivity index (χ0) is 16.4. The Morgan fingerprint density at radius 1 is 1.26 bits per heavy atom. The van der Waals surface area contributed by atoms with Gasteiger partial charge in [-0.05, 0) is 49.9 Å². The first-order chi connectivity index (χ1) is 11.0. The molecule has 23 heavy (non-hydrogen) atoms. The lowest BCUT2D eigenvalue weighted by Gasteiger charge is -2.37. The second-order valence-electron chi connectivity index (χ2n) is 6.89. The zero-order valence-electron chi connectivity index (χ0n) is 13.9. The van der Waals surface area contributed by atoms with Crippen LogP contribution in [0, 0.1) is 18.3 Å². The number of aryl methyl sites for hydroxylation is 1. The van der Waals surface area contributed by atoms with Crippen LogP contribution in [0.25, 0.3) is 0 Å². The van der Waals surface area contributed by atoms with E-state index in [0.717, 1.165) is 43.6 Å². The van der Waals surface area contributed by atoms with Gasteiger partial charge in [0.2, 0.25) is 11.8 Å². The van der Waals surface area contributed by atoms with Crippen molar-refractivity contribution in [2.24, 2.45) is 11.3 Å². The average molecular weight is 315 g/mol. The Kier molecular flexibility index (Phi) is 4.39. The molecule has 5 nitrogen and oxygen atoms in total. The predicted molar refractivity (Wildman–Crippen MR) is 91.4 cm³/mol. The SMILES string of the molecule is CC(=O)Nc1ccc(C)c(NC(=O)[C@@]23CCCC[C@H]2CNC3)c1. The Balaban J connectivity index is 1.81. The summed E-state index contributed by atoms with van der Waals surface area (Å²) in [5, 5.41) is 9.30. The van der Waals surface area contributed by atoms with E-state index in [1.165, 1.54) is 13.3 Å². The summed E-state index contributed by atoms with van der Waals surface area (Å²) < 4.78 is 0. The molecule has 3 rings (SSSR count). The van der Waals surface area contributed by atoms with Crippen LogP contribution in [0.2, 0.25) is 0 Å². The molecule has 2 amide bonds. The van der Waals surface area contributed by atoms with Crippen LogP contribution in [0.4, 0.5) is 11.4 Å². The number of hydrogen-bond acceptors (Lipinski definition) is 3. The van der Waals surface area contributed by atoms with Crippen LogP contribution < -0.4 is 16.0 Å². The number of carbonyl (C=O) groups is 2. The van der Waals surface area contributed by atoms with E-state index in [1.54, 1.807) is 0 Å². The third kappa shape index (κ3) is 3.11. The number of rotatable bonds is 3. The molecule has 0 spiro atoms. The number of amides is 2. The van der Waals surface area contributed by atoms with Gasteiger partial charge < -0.3 is 16.0 Å². The van der Waals surface area contributed by atoms with Crippen molar-refractivity contribution in [3.05, 3.63) is 23.8 Å². The van der Waals surface area contributed by atoms with Crippen molar-refractivity contribution in [3.8, 4) is 0 Å². The number of benzene rings is 1. The highest BCUT2D eigenvalue weighted by Gasteiger charge is 2.49. The first-order valence-corrected chi connectivity index (χ1v) is 8.42. The van der Waals surface area contributed by atoms with Crippen LogP contribution in [-0.2, 0) is 9.59 Å². The van der Waals surface area contributed by atoms with Gasteiger partial charge in [0.15, 0.2) is 0 Å². The van der Waals surface area contributed by atoms with Gasteiger partial charge in [0, 0.05) is 24.8 Å². The van der Waals surface area contributed by atoms with Crippen LogP contribution in [0.3, 0.4) is 0 Å². The van der Waals surface area contributed by atoms with Crippen molar-refractivity contribution < 1.29 is 9.59 Å². The van der Waals surface area contributed by atoms with Gasteiger partial charge in [-0.2, -0.15) is 0 Å². The molecule has 2 aliphatic rings. The van der Waals surface area contributed by atoms with Crippen molar-refractivity contribution in [2.45, 2.75) is 39.5 Å². The molecule has 3 N–H and O–H groups in total. The second kappa shape index (κ2) is 6.32. The third-order valence-electron chi connectivity index (χ3n) is 5.30. The van der Waals surface area contributed by atoms with Crippen molar-refractivity contribution >= 4 is 23.2 Å². The zero-order valence-corrected chi connectivity index (χ0v) is 13.9. The fourth-order valence-electron chi connectivity index (χ4n) is 3.97. The lowest BCUT2D eigenvalue weighted by atomic mass is 9.67. The summed E-state index contributed by atoms with van der Waals surface area (Å²) in [5.41, 5.74) is 2.23. The first kappa shape index (κ1) is 16.0. The molecule has 1 saturated heterocycles. The van der Waals surface area contributed by atoms with Gasteiger partial charge in [0.1, 0.15) is 0 Å². The summed E-state index contributed by atoms with van der Waals surface area (Å²) in [6.07, 6.45) is 4.43. The Bertz CT molecular complexity index is 629. The second-order valence-corrected chi connectivity index (χ2v) is 6.89. The molecule has 5 heteroatoms. The average Bonchev–Trinajstić information content (AvgIpc) is 2.95. The maximum Gasteiger partial charge on any atom is 0.232 e. The molecule has 1 aromatic carbocycles. The molecule has 0 unspecified atom stereocenters. The summed E-state index contributed by atoms with van der Waals surface area (Å²) >= 11 is 0. The molecule has 1 aromatic rings. The standard InChI is InChI=1S/C18H25N3O2/c1-12-6-7-15(20-13(2)22)9-16(12)21-17(23)18-8-4-3-5-14(18)10-19-11-18/h6-7,9,14,19H,3-5,8,10-11H2,1-2H3,(H,20,22)(H,21,23)/t14-,18+/m0/s1. The van der Waals surface area contributed by atoms with Crippen molar-refractivity contribution in [1.82, 2.24) is 5.32 Å². The molecule has 1 saturated carbocycles. The highest BCUT2D eigenvalue weighted by atomic mass is 16.2. The van der Waals surface area contributed by atoms with E-state index in [-0.39, 0.29) is 17.2 Å². The van der Waals surface area contributed by atoms with Gasteiger partial charge in [-0.1, -0.05) is 18.9 Å². The van der Waals surface area contributed by atoms with Crippen LogP contribution in [0.15, 0.2) is 18.2 Å². The van der Waals surface area contributed by atoms with Gasteiger partial charge in [0.25, 0.3) is 0 Å². The van der Waals surface area contributed by atoms with Gasteiger partial charge in [-0.15, -0.1) is 0 Å². The minimum atomic E-state index is -0.269. The minimum Gasteiger partial charge on any atom is -0.326 e. The molecule has 1 heterocycles. The van der Waals surface area contributed by atoms with Crippen molar-refractivity contribution in [3.63, 3.8) is 0 Å². The highest BCUT2D eigenvalue weighted by molar-refractivity contribution is 5.98. The van der Waals surface area contributed by atoms with E-state index in [4.69, 9.17) is 0 Å². The highest BCUT2D eigenvalue weighted by Crippen LogP contribution is 2.44. The van der Waals surface area contributed by atoms with E-state index >= 15 is 0 Å². The van der Waals surface area contributed by atoms with Crippen LogP contribution in [-0.4, -0.2) is 24.9 Å². The Hall–Kier alpha value is -1.88. The van der Waals surface area contributed by atoms with Gasteiger partial charge in [-0.25, -0.2) is 0 Å². The molecule has 0 radical (unpaired) electrons. The van der Waals surface area contributed by atoms with Crippen LogP contribution >= 0.6 is 0 Å². The number of hydrogen-bond donors (Lipinski definition) is 3. The number of fused-ring (bicyclic) bond motifs is 1. The largest absolute Gasteiger partial charge is 0.326 e. The quantitative estimate of drug-likeness (QED) is 0.803. The smallest absolute Gasteiger partial charge is 0.232 e. The topological polar surface area (TPSA) is 70.2 Å². The summed E-state index contributed by atoms with van der Waals surface area (Å²) in [7, 11) is 0. The van der Waals surface area contributed by atoms with Crippen LogP contribution in [0.1, 0.15) is 38.2 Å². The monoisotopic (exact) mass is 315 g/mol. The van der Waals surface area contributed by atoms with Crippen LogP contribution in [0.5, 0.6) is 0 Å². The van der Waals surface area contributed by atoms with Gasteiger partial charge >= 0.3 is 0 Å². The minimum absolute atomic E-state index is 0.114. The normalized spacial score (nSPS) is 26.4. The lowest BCUT2D eigenvalue weighted by Crippen LogP contribution is -2.44. The van der Waals surface area contributed by atoms with E-state index in [0.29, 0.717) is 11.6 Å². The van der Waals surface area contributed by atoms with Gasteiger partial charge in [-0.3, -0.25) is 9.59 Å². The fourth-order valence-corrected chi connectivity index (χ4v) is 3.97. The number of carbonyl (C=O) groups excluding carboxylic acids is 2. The first-order valence-electron chi connectivity index (χ1n) is 8.42. The Morgan fingerprint density at radius 2 is 2.09 bits per heavy atom. The molecule has 2 fully saturated rings. The maximum absolute atomic E-state index is 13.0. The summed E-state index contributed by atoms with van der Waals surface area (Å²) in [4.78, 5) is 24.2. The molecule has 0 aromatic heterocycles. The summed E-state index contributed by atoms with van der Waals surface area (Å²) in [5.74, 6) is 0.447. The fraction of sp³-hybridized carbons (Fsp3) is 0.556. The van der Waals surface area contributed by atoms with E-state index < -0.39 is 0 Å². The lowest BCUT2D eigenvalue weighted by molar-refractivity contribution is -0.128. The molecule has 2 atom stereocenters. The molecule has 1 aliphatic heterocycles. The van der Waals surface area contributed by atoms with E-state index in [2.05, 4.69) is 16.0 Å². The van der Waals surface area contributed by atoms with Gasteiger partial charge in [0.05, 0.1) is 5.41 Å². The molecule has 1 aliphatic carbocycles. The number of nitrogens with one attached hydrogen (secondary N) is 3. The Labute approximate surface area is 137 Å². The molecular weight excluding hydrogens is 290 g/mol. The molecule has 124 valence electrons. The Morgan fingerprint density at radius 3 is 2.87 bits per heavy atom. The third-order valence-corrected chi connectivity index (χ3v) is 5.30. The predicted octanol–water partition coefficient (Wildman–Crippen LogP) is 2.67. The molecular formula is C18H25N3O2. The van der Waals surface area contributed by atoms with Crippen molar-refractivity contribution in [1.29, 1.82) is 0 Å². The summed E-state index contributed by atoms with van der Waals surface area (Å²) in [6.45, 7) is 5.16. The number of anilines is 2.